The van der Waals surface area contributed by atoms with Crippen molar-refractivity contribution in [2.45, 2.75) is 47.0 Å². The number of anilines is 1. The van der Waals surface area contributed by atoms with Crippen molar-refractivity contribution in [2.75, 3.05) is 18.4 Å². The molecule has 1 aliphatic heterocycles. The largest absolute Gasteiger partial charge is 0.342 e. The van der Waals surface area contributed by atoms with E-state index in [0.29, 0.717) is 0 Å². The number of carbonyl (C=O) groups is 2. The van der Waals surface area contributed by atoms with Crippen molar-refractivity contribution >= 4 is 17.5 Å². The monoisotopic (exact) mass is 302 g/mol. The number of carbonyl (C=O) groups excluding carboxylic acids is 2. The summed E-state index contributed by atoms with van der Waals surface area (Å²) >= 11 is 0. The van der Waals surface area contributed by atoms with Gasteiger partial charge in [-0.3, -0.25) is 9.59 Å². The van der Waals surface area contributed by atoms with Gasteiger partial charge in [0.15, 0.2) is 0 Å². The molecule has 0 radical (unpaired) electrons. The molecule has 2 rings (SSSR count). The maximum absolute atomic E-state index is 12.7. The molecule has 1 saturated heterocycles. The van der Waals surface area contributed by atoms with Gasteiger partial charge in [-0.25, -0.2) is 0 Å². The second kappa shape index (κ2) is 6.51. The van der Waals surface area contributed by atoms with Crippen LogP contribution in [0.5, 0.6) is 0 Å². The van der Waals surface area contributed by atoms with Crippen LogP contribution in [-0.2, 0) is 16.0 Å². The molecule has 1 fully saturated rings. The van der Waals surface area contributed by atoms with Gasteiger partial charge >= 0.3 is 0 Å². The molecule has 1 N–H and O–H groups in total. The third-order valence-corrected chi connectivity index (χ3v) is 4.47. The van der Waals surface area contributed by atoms with Crippen LogP contribution in [0.2, 0.25) is 0 Å². The summed E-state index contributed by atoms with van der Waals surface area (Å²) in [7, 11) is 0. The first kappa shape index (κ1) is 16.5. The highest BCUT2D eigenvalue weighted by molar-refractivity contribution is 6.10. The SMILES string of the molecule is CCc1cccc(C)c1NC(=O)C(C)(C)C(=O)N1CCCC1. The molecule has 4 nitrogen and oxygen atoms in total. The van der Waals surface area contributed by atoms with E-state index < -0.39 is 5.41 Å². The molecule has 1 heterocycles. The molecule has 22 heavy (non-hydrogen) atoms. The van der Waals surface area contributed by atoms with Crippen molar-refractivity contribution in [1.29, 1.82) is 0 Å². The molecule has 0 aliphatic carbocycles. The lowest BCUT2D eigenvalue weighted by molar-refractivity contribution is -0.145. The number of para-hydroxylation sites is 1. The summed E-state index contributed by atoms with van der Waals surface area (Å²) in [5, 5.41) is 2.99. The molecule has 0 atom stereocenters. The standard InChI is InChI=1S/C18H26N2O2/c1-5-14-10-8-9-13(2)15(14)19-16(21)18(3,4)17(22)20-11-6-7-12-20/h8-10H,5-7,11-12H2,1-4H3,(H,19,21). The van der Waals surface area contributed by atoms with Gasteiger partial charge in [-0.15, -0.1) is 0 Å². The van der Waals surface area contributed by atoms with Gasteiger partial charge in [0.05, 0.1) is 0 Å². The van der Waals surface area contributed by atoms with Crippen LogP contribution >= 0.6 is 0 Å². The molecule has 0 aromatic heterocycles. The first-order chi connectivity index (χ1) is 10.4. The highest BCUT2D eigenvalue weighted by atomic mass is 16.2. The summed E-state index contributed by atoms with van der Waals surface area (Å²) in [6.07, 6.45) is 2.90. The molecule has 1 aromatic rings. The Kier molecular flexibility index (Phi) is 4.89. The number of hydrogen-bond donors (Lipinski definition) is 1. The fourth-order valence-corrected chi connectivity index (χ4v) is 2.88. The lowest BCUT2D eigenvalue weighted by Crippen LogP contribution is -2.46. The summed E-state index contributed by atoms with van der Waals surface area (Å²) < 4.78 is 0. The zero-order chi connectivity index (χ0) is 16.3. The molecule has 1 aromatic carbocycles. The van der Waals surface area contributed by atoms with Gasteiger partial charge in [-0.1, -0.05) is 25.1 Å². The molecule has 0 spiro atoms. The van der Waals surface area contributed by atoms with Crippen LogP contribution in [0.1, 0.15) is 44.7 Å². The van der Waals surface area contributed by atoms with Crippen molar-refractivity contribution in [3.05, 3.63) is 29.3 Å². The Morgan fingerprint density at radius 2 is 1.86 bits per heavy atom. The second-order valence-corrected chi connectivity index (χ2v) is 6.54. The predicted molar refractivity (Wildman–Crippen MR) is 88.8 cm³/mol. The van der Waals surface area contributed by atoms with E-state index >= 15 is 0 Å². The molecule has 4 heteroatoms. The summed E-state index contributed by atoms with van der Waals surface area (Å²) in [4.78, 5) is 27.1. The van der Waals surface area contributed by atoms with Gasteiger partial charge in [0.25, 0.3) is 0 Å². The van der Waals surface area contributed by atoms with E-state index in [1.54, 1.807) is 18.7 Å². The summed E-state index contributed by atoms with van der Waals surface area (Å²) in [6, 6.07) is 5.98. The Morgan fingerprint density at radius 1 is 1.23 bits per heavy atom. The van der Waals surface area contributed by atoms with Crippen LogP contribution in [0.15, 0.2) is 18.2 Å². The minimum absolute atomic E-state index is 0.0749. The predicted octanol–water partition coefficient (Wildman–Crippen LogP) is 3.14. The topological polar surface area (TPSA) is 49.4 Å². The molecule has 120 valence electrons. The van der Waals surface area contributed by atoms with E-state index in [1.807, 2.05) is 25.1 Å². The Labute approximate surface area is 132 Å². The molecule has 0 bridgehead atoms. The van der Waals surface area contributed by atoms with Crippen LogP contribution in [0.4, 0.5) is 5.69 Å². The molecule has 2 amide bonds. The lowest BCUT2D eigenvalue weighted by atomic mass is 9.89. The van der Waals surface area contributed by atoms with Crippen LogP contribution < -0.4 is 5.32 Å². The molecular formula is C18H26N2O2. The van der Waals surface area contributed by atoms with Crippen molar-refractivity contribution in [3.63, 3.8) is 0 Å². The number of rotatable bonds is 4. The molecule has 0 saturated carbocycles. The van der Waals surface area contributed by atoms with E-state index in [4.69, 9.17) is 0 Å². The average Bonchev–Trinajstić information content (AvgIpc) is 3.02. The molecule has 1 aliphatic rings. The van der Waals surface area contributed by atoms with Crippen LogP contribution in [-0.4, -0.2) is 29.8 Å². The Morgan fingerprint density at radius 3 is 2.45 bits per heavy atom. The number of hydrogen-bond acceptors (Lipinski definition) is 2. The third kappa shape index (κ3) is 3.16. The minimum atomic E-state index is -1.04. The normalized spacial score (nSPS) is 15.0. The summed E-state index contributed by atoms with van der Waals surface area (Å²) in [6.45, 7) is 9.00. The van der Waals surface area contributed by atoms with E-state index in [0.717, 1.165) is 49.2 Å². The highest BCUT2D eigenvalue weighted by Crippen LogP contribution is 2.27. The van der Waals surface area contributed by atoms with Gasteiger partial charge in [-0.2, -0.15) is 0 Å². The zero-order valence-corrected chi connectivity index (χ0v) is 14.0. The number of benzene rings is 1. The van der Waals surface area contributed by atoms with Gasteiger partial charge in [0.1, 0.15) is 5.41 Å². The summed E-state index contributed by atoms with van der Waals surface area (Å²) in [5.74, 6) is -0.303. The van der Waals surface area contributed by atoms with Crippen LogP contribution in [0.25, 0.3) is 0 Å². The lowest BCUT2D eigenvalue weighted by Gasteiger charge is -2.28. The van der Waals surface area contributed by atoms with Gasteiger partial charge < -0.3 is 10.2 Å². The number of nitrogens with one attached hydrogen (secondary N) is 1. The zero-order valence-electron chi connectivity index (χ0n) is 14.0. The maximum atomic E-state index is 12.7. The number of aryl methyl sites for hydroxylation is 2. The minimum Gasteiger partial charge on any atom is -0.342 e. The second-order valence-electron chi connectivity index (χ2n) is 6.54. The van der Waals surface area contributed by atoms with E-state index in [-0.39, 0.29) is 11.8 Å². The quantitative estimate of drug-likeness (QED) is 0.869. The van der Waals surface area contributed by atoms with Crippen molar-refractivity contribution in [1.82, 2.24) is 4.90 Å². The number of likely N-dealkylation sites (tertiary alicyclic amines) is 1. The first-order valence-corrected chi connectivity index (χ1v) is 8.07. The molecule has 0 unspecified atom stereocenters. The maximum Gasteiger partial charge on any atom is 0.239 e. The average molecular weight is 302 g/mol. The van der Waals surface area contributed by atoms with Gasteiger partial charge in [0.2, 0.25) is 11.8 Å². The van der Waals surface area contributed by atoms with Crippen molar-refractivity contribution in [3.8, 4) is 0 Å². The third-order valence-electron chi connectivity index (χ3n) is 4.47. The smallest absolute Gasteiger partial charge is 0.239 e. The Hall–Kier alpha value is -1.84. The summed E-state index contributed by atoms with van der Waals surface area (Å²) in [5.41, 5.74) is 1.92. The van der Waals surface area contributed by atoms with Gasteiger partial charge in [-0.05, 0) is 51.2 Å². The van der Waals surface area contributed by atoms with Crippen molar-refractivity contribution in [2.24, 2.45) is 5.41 Å². The number of amides is 2. The fourth-order valence-electron chi connectivity index (χ4n) is 2.88. The first-order valence-electron chi connectivity index (χ1n) is 8.07. The van der Waals surface area contributed by atoms with Crippen LogP contribution in [0.3, 0.4) is 0 Å². The van der Waals surface area contributed by atoms with Crippen LogP contribution in [0, 0.1) is 12.3 Å². The highest BCUT2D eigenvalue weighted by Gasteiger charge is 2.40. The van der Waals surface area contributed by atoms with E-state index in [2.05, 4.69) is 12.2 Å². The van der Waals surface area contributed by atoms with E-state index in [1.165, 1.54) is 0 Å². The van der Waals surface area contributed by atoms with Crippen molar-refractivity contribution < 1.29 is 9.59 Å². The Balaban J connectivity index is 2.19. The number of nitrogens with zero attached hydrogens (tertiary/aromatic N) is 1. The van der Waals surface area contributed by atoms with Gasteiger partial charge in [0, 0.05) is 18.8 Å². The molecular weight excluding hydrogens is 276 g/mol. The fraction of sp³-hybridized carbons (Fsp3) is 0.556. The van der Waals surface area contributed by atoms with E-state index in [9.17, 15) is 9.59 Å². The Bertz CT molecular complexity index is 572.